The minimum atomic E-state index is -0.178. The highest BCUT2D eigenvalue weighted by molar-refractivity contribution is 5.28. The second-order valence-corrected chi connectivity index (χ2v) is 10.6. The molecule has 1 nitrogen and oxygen atoms in total. The molecule has 0 heterocycles. The lowest BCUT2D eigenvalue weighted by Crippen LogP contribution is -2.42. The summed E-state index contributed by atoms with van der Waals surface area (Å²) in [7, 11) is 0. The molecule has 0 amide bonds. The van der Waals surface area contributed by atoms with Gasteiger partial charge in [-0.3, -0.25) is 0 Å². The number of ether oxygens (including phenoxy) is 1. The van der Waals surface area contributed by atoms with Crippen LogP contribution in [0.15, 0.2) is 54.6 Å². The largest absolute Gasteiger partial charge is 0.371 e. The van der Waals surface area contributed by atoms with Crippen LogP contribution in [-0.2, 0) is 23.0 Å². The number of benzene rings is 2. The molecule has 0 saturated heterocycles. The highest BCUT2D eigenvalue weighted by atomic mass is 16.5. The van der Waals surface area contributed by atoms with Gasteiger partial charge < -0.3 is 4.74 Å². The lowest BCUT2D eigenvalue weighted by atomic mass is 9.76. The fraction of sp³-hybridized carbons (Fsp3) is 0.538. The maximum atomic E-state index is 6.57. The van der Waals surface area contributed by atoms with E-state index in [0.29, 0.717) is 5.41 Å². The Morgan fingerprint density at radius 1 is 0.704 bits per heavy atom. The first-order valence-corrected chi connectivity index (χ1v) is 10.2. The molecule has 2 rings (SSSR count). The van der Waals surface area contributed by atoms with Crippen molar-refractivity contribution in [3.8, 4) is 0 Å². The standard InChI is InChI=1S/C26H38O/c1-24(2,3)19-21-16-14-20(15-17-21)18-23(27-25(4,5)6)26(7,8)22-12-10-9-11-13-22/h9-17,23H,18-19H2,1-8H3. The quantitative estimate of drug-likeness (QED) is 0.536. The summed E-state index contributed by atoms with van der Waals surface area (Å²) in [5, 5.41) is 0. The summed E-state index contributed by atoms with van der Waals surface area (Å²) in [6.45, 7) is 17.9. The van der Waals surface area contributed by atoms with Gasteiger partial charge in [-0.15, -0.1) is 0 Å². The molecule has 1 heteroatoms. The van der Waals surface area contributed by atoms with E-state index >= 15 is 0 Å². The molecule has 2 aromatic carbocycles. The van der Waals surface area contributed by atoms with Crippen LogP contribution in [0.25, 0.3) is 0 Å². The van der Waals surface area contributed by atoms with Crippen LogP contribution < -0.4 is 0 Å². The topological polar surface area (TPSA) is 9.23 Å². The third-order valence-electron chi connectivity index (χ3n) is 5.00. The Bertz CT molecular complexity index is 697. The van der Waals surface area contributed by atoms with Crippen molar-refractivity contribution in [2.75, 3.05) is 0 Å². The first kappa shape index (κ1) is 21.7. The van der Waals surface area contributed by atoms with Gasteiger partial charge in [-0.1, -0.05) is 89.2 Å². The van der Waals surface area contributed by atoms with Gasteiger partial charge in [0.25, 0.3) is 0 Å². The van der Waals surface area contributed by atoms with Gasteiger partial charge in [0.05, 0.1) is 11.7 Å². The monoisotopic (exact) mass is 366 g/mol. The molecule has 0 saturated carbocycles. The average Bonchev–Trinajstić information content (AvgIpc) is 2.54. The second-order valence-electron chi connectivity index (χ2n) is 10.6. The smallest absolute Gasteiger partial charge is 0.0713 e. The van der Waals surface area contributed by atoms with Crippen LogP contribution in [-0.4, -0.2) is 11.7 Å². The Morgan fingerprint density at radius 3 is 1.70 bits per heavy atom. The molecule has 0 radical (unpaired) electrons. The average molecular weight is 367 g/mol. The van der Waals surface area contributed by atoms with Crippen molar-refractivity contribution in [3.05, 3.63) is 71.3 Å². The van der Waals surface area contributed by atoms with Crippen molar-refractivity contribution in [1.29, 1.82) is 0 Å². The zero-order valence-electron chi connectivity index (χ0n) is 18.6. The Morgan fingerprint density at radius 2 is 1.22 bits per heavy atom. The minimum Gasteiger partial charge on any atom is -0.371 e. The molecule has 1 atom stereocenters. The van der Waals surface area contributed by atoms with Crippen molar-refractivity contribution in [3.63, 3.8) is 0 Å². The maximum Gasteiger partial charge on any atom is 0.0713 e. The Labute approximate surface area is 167 Å². The molecular weight excluding hydrogens is 328 g/mol. The van der Waals surface area contributed by atoms with E-state index in [-0.39, 0.29) is 17.1 Å². The first-order chi connectivity index (χ1) is 12.4. The van der Waals surface area contributed by atoms with E-state index in [1.54, 1.807) is 0 Å². The van der Waals surface area contributed by atoms with Gasteiger partial charge in [0.1, 0.15) is 0 Å². The Balaban J connectivity index is 2.25. The second kappa shape index (κ2) is 8.19. The highest BCUT2D eigenvalue weighted by Crippen LogP contribution is 2.34. The molecule has 0 aliphatic heterocycles. The zero-order chi connectivity index (χ0) is 20.3. The highest BCUT2D eigenvalue weighted by Gasteiger charge is 2.35. The SMILES string of the molecule is CC(C)(C)Cc1ccc(CC(OC(C)(C)C)C(C)(C)c2ccccc2)cc1. The van der Waals surface area contributed by atoms with Crippen LogP contribution >= 0.6 is 0 Å². The number of rotatable bonds is 6. The zero-order valence-corrected chi connectivity index (χ0v) is 18.6. The minimum absolute atomic E-state index is 0.0708. The summed E-state index contributed by atoms with van der Waals surface area (Å²) in [5.41, 5.74) is 4.13. The van der Waals surface area contributed by atoms with Crippen molar-refractivity contribution in [1.82, 2.24) is 0 Å². The van der Waals surface area contributed by atoms with Crippen LogP contribution in [0.5, 0.6) is 0 Å². The fourth-order valence-electron chi connectivity index (χ4n) is 3.54. The third-order valence-corrected chi connectivity index (χ3v) is 5.00. The summed E-state index contributed by atoms with van der Waals surface area (Å²) in [6.07, 6.45) is 2.12. The lowest BCUT2D eigenvalue weighted by Gasteiger charge is -2.39. The van der Waals surface area contributed by atoms with Crippen LogP contribution in [0, 0.1) is 5.41 Å². The van der Waals surface area contributed by atoms with Crippen molar-refractivity contribution in [2.24, 2.45) is 5.41 Å². The van der Waals surface area contributed by atoms with E-state index in [1.165, 1.54) is 16.7 Å². The molecule has 0 aromatic heterocycles. The van der Waals surface area contributed by atoms with Crippen molar-refractivity contribution < 1.29 is 4.74 Å². The summed E-state index contributed by atoms with van der Waals surface area (Å²) in [6, 6.07) is 19.9. The van der Waals surface area contributed by atoms with Crippen molar-refractivity contribution >= 4 is 0 Å². The van der Waals surface area contributed by atoms with E-state index in [2.05, 4.69) is 110 Å². The van der Waals surface area contributed by atoms with Gasteiger partial charge in [0, 0.05) is 5.41 Å². The van der Waals surface area contributed by atoms with E-state index in [1.807, 2.05) is 0 Å². The predicted octanol–water partition coefficient (Wildman–Crippen LogP) is 6.98. The Kier molecular flexibility index (Phi) is 6.58. The summed E-state index contributed by atoms with van der Waals surface area (Å²) in [4.78, 5) is 0. The molecular formula is C26H38O. The third kappa shape index (κ3) is 6.81. The fourth-order valence-corrected chi connectivity index (χ4v) is 3.54. The van der Waals surface area contributed by atoms with E-state index in [9.17, 15) is 0 Å². The van der Waals surface area contributed by atoms with Crippen LogP contribution in [0.4, 0.5) is 0 Å². The van der Waals surface area contributed by atoms with Crippen LogP contribution in [0.1, 0.15) is 72.1 Å². The summed E-state index contributed by atoms with van der Waals surface area (Å²) < 4.78 is 6.57. The van der Waals surface area contributed by atoms with E-state index in [0.717, 1.165) is 12.8 Å². The molecule has 148 valence electrons. The van der Waals surface area contributed by atoms with Crippen molar-refractivity contribution in [2.45, 2.75) is 85.4 Å². The summed E-state index contributed by atoms with van der Waals surface area (Å²) >= 11 is 0. The summed E-state index contributed by atoms with van der Waals surface area (Å²) in [5.74, 6) is 0. The molecule has 27 heavy (non-hydrogen) atoms. The number of hydrogen-bond donors (Lipinski definition) is 0. The maximum absolute atomic E-state index is 6.57. The number of hydrogen-bond acceptors (Lipinski definition) is 1. The lowest BCUT2D eigenvalue weighted by molar-refractivity contribution is -0.0880. The first-order valence-electron chi connectivity index (χ1n) is 10.2. The molecule has 0 N–H and O–H groups in total. The van der Waals surface area contributed by atoms with Gasteiger partial charge in [0.15, 0.2) is 0 Å². The van der Waals surface area contributed by atoms with Gasteiger partial charge in [-0.25, -0.2) is 0 Å². The predicted molar refractivity (Wildman–Crippen MR) is 117 cm³/mol. The molecule has 2 aromatic rings. The molecule has 0 bridgehead atoms. The molecule has 0 aliphatic carbocycles. The Hall–Kier alpha value is -1.60. The molecule has 1 unspecified atom stereocenters. The van der Waals surface area contributed by atoms with Gasteiger partial charge in [-0.2, -0.15) is 0 Å². The van der Waals surface area contributed by atoms with Crippen LogP contribution in [0.2, 0.25) is 0 Å². The van der Waals surface area contributed by atoms with Crippen LogP contribution in [0.3, 0.4) is 0 Å². The molecule has 0 fully saturated rings. The van der Waals surface area contributed by atoms with Gasteiger partial charge >= 0.3 is 0 Å². The van der Waals surface area contributed by atoms with Gasteiger partial charge in [0.2, 0.25) is 0 Å². The molecule has 0 spiro atoms. The van der Waals surface area contributed by atoms with Gasteiger partial charge in [-0.05, 0) is 55.7 Å². The van der Waals surface area contributed by atoms with E-state index in [4.69, 9.17) is 4.74 Å². The normalized spacial score (nSPS) is 14.2. The molecule has 0 aliphatic rings. The van der Waals surface area contributed by atoms with E-state index < -0.39 is 0 Å².